The van der Waals surface area contributed by atoms with Crippen molar-refractivity contribution in [2.75, 3.05) is 24.6 Å². The van der Waals surface area contributed by atoms with Gasteiger partial charge in [-0.1, -0.05) is 26.0 Å². The lowest BCUT2D eigenvalue weighted by molar-refractivity contribution is -0.171. The minimum absolute atomic E-state index is 0.219. The van der Waals surface area contributed by atoms with E-state index in [0.717, 1.165) is 42.7 Å². The molecule has 0 amide bonds. The van der Waals surface area contributed by atoms with Gasteiger partial charge >= 0.3 is 5.97 Å². The van der Waals surface area contributed by atoms with Crippen molar-refractivity contribution in [2.24, 2.45) is 5.41 Å². The summed E-state index contributed by atoms with van der Waals surface area (Å²) < 4.78 is 31.4. The Morgan fingerprint density at radius 3 is 2.27 bits per heavy atom. The molecule has 1 atom stereocenters. The minimum atomic E-state index is -0.982. The van der Waals surface area contributed by atoms with Crippen LogP contribution in [0.3, 0.4) is 0 Å². The molecule has 2 aromatic heterocycles. The monoisotopic (exact) mass is 606 g/mol. The molecule has 238 valence electrons. The average molecular weight is 607 g/mol. The standard InChI is InChI=1S/C35H47FN4O4/c1-22(2)43-33(41)31(44-34(5,6)7)29-24(4)37-20-27(30(29)40-17-15-35(8,9)16-18-40)32-38-21-28(23(3)39-32)42-19-14-25-10-12-26(36)13-11-25/h10-13,20-22,31H,14-19H2,1-9H3/t31-/m0/s1. The maximum Gasteiger partial charge on any atom is 0.340 e. The molecule has 3 heterocycles. The van der Waals surface area contributed by atoms with Crippen molar-refractivity contribution < 1.29 is 23.4 Å². The van der Waals surface area contributed by atoms with Crippen molar-refractivity contribution >= 4 is 11.7 Å². The van der Waals surface area contributed by atoms with Gasteiger partial charge in [0.05, 0.1) is 41.5 Å². The van der Waals surface area contributed by atoms with Crippen LogP contribution >= 0.6 is 0 Å². The fraction of sp³-hybridized carbons (Fsp3) is 0.543. The molecule has 44 heavy (non-hydrogen) atoms. The number of carbonyl (C=O) groups is 1. The zero-order valence-corrected chi connectivity index (χ0v) is 27.7. The molecule has 0 saturated carbocycles. The van der Waals surface area contributed by atoms with Gasteiger partial charge in [-0.05, 0) is 84.4 Å². The van der Waals surface area contributed by atoms with Gasteiger partial charge in [0.15, 0.2) is 17.7 Å². The van der Waals surface area contributed by atoms with E-state index in [2.05, 4.69) is 18.7 Å². The molecular formula is C35H47FN4O4. The lowest BCUT2D eigenvalue weighted by Crippen LogP contribution is -2.39. The third-order valence-electron chi connectivity index (χ3n) is 7.76. The molecule has 1 aromatic carbocycles. The highest BCUT2D eigenvalue weighted by Gasteiger charge is 2.37. The molecule has 1 fully saturated rings. The number of aryl methyl sites for hydroxylation is 2. The molecule has 1 aliphatic heterocycles. The fourth-order valence-electron chi connectivity index (χ4n) is 5.29. The molecule has 1 aliphatic rings. The van der Waals surface area contributed by atoms with Crippen LogP contribution in [0.4, 0.5) is 10.1 Å². The summed E-state index contributed by atoms with van der Waals surface area (Å²) in [6, 6.07) is 6.40. The number of rotatable bonds is 10. The van der Waals surface area contributed by atoms with Gasteiger partial charge in [-0.15, -0.1) is 0 Å². The fourth-order valence-corrected chi connectivity index (χ4v) is 5.29. The highest BCUT2D eigenvalue weighted by molar-refractivity contribution is 5.85. The van der Waals surface area contributed by atoms with Gasteiger partial charge in [0.2, 0.25) is 0 Å². The Kier molecular flexibility index (Phi) is 10.3. The smallest absolute Gasteiger partial charge is 0.340 e. The summed E-state index contributed by atoms with van der Waals surface area (Å²) in [5.41, 5.74) is 4.23. The van der Waals surface area contributed by atoms with Crippen LogP contribution in [0.1, 0.15) is 89.9 Å². The molecule has 8 nitrogen and oxygen atoms in total. The SMILES string of the molecule is Cc1nc(-c2cnc(C)c([C@H](OC(C)(C)C)C(=O)OC(C)C)c2N2CCC(C)(C)CC2)ncc1OCCc1ccc(F)cc1. The molecule has 0 N–H and O–H groups in total. The predicted molar refractivity (Wildman–Crippen MR) is 170 cm³/mol. The Bertz CT molecular complexity index is 1440. The van der Waals surface area contributed by atoms with Crippen molar-refractivity contribution in [2.45, 2.75) is 99.4 Å². The quantitative estimate of drug-likeness (QED) is 0.222. The topological polar surface area (TPSA) is 86.7 Å². The normalized spacial score (nSPS) is 15.8. The number of ether oxygens (including phenoxy) is 3. The van der Waals surface area contributed by atoms with Crippen LogP contribution in [-0.2, 0) is 20.7 Å². The van der Waals surface area contributed by atoms with Crippen molar-refractivity contribution in [3.63, 3.8) is 0 Å². The summed E-state index contributed by atoms with van der Waals surface area (Å²) >= 11 is 0. The molecule has 9 heteroatoms. The maximum absolute atomic E-state index is 13.6. The number of carbonyl (C=O) groups excluding carboxylic acids is 1. The molecule has 0 unspecified atom stereocenters. The maximum atomic E-state index is 13.6. The molecule has 1 saturated heterocycles. The van der Waals surface area contributed by atoms with Gasteiger partial charge in [-0.3, -0.25) is 4.98 Å². The van der Waals surface area contributed by atoms with E-state index < -0.39 is 17.7 Å². The van der Waals surface area contributed by atoms with Crippen molar-refractivity contribution in [1.82, 2.24) is 15.0 Å². The summed E-state index contributed by atoms with van der Waals surface area (Å²) in [7, 11) is 0. The highest BCUT2D eigenvalue weighted by Crippen LogP contribution is 2.43. The van der Waals surface area contributed by atoms with Gasteiger partial charge < -0.3 is 19.1 Å². The number of piperidine rings is 1. The van der Waals surface area contributed by atoms with Gasteiger partial charge in [-0.2, -0.15) is 0 Å². The van der Waals surface area contributed by atoms with E-state index in [1.54, 1.807) is 24.5 Å². The molecule has 3 aromatic rings. The van der Waals surface area contributed by atoms with Crippen LogP contribution in [0.2, 0.25) is 0 Å². The Morgan fingerprint density at radius 1 is 1.02 bits per heavy atom. The summed E-state index contributed by atoms with van der Waals surface area (Å²) in [5.74, 6) is 0.363. The number of esters is 1. The van der Waals surface area contributed by atoms with Crippen LogP contribution in [0.15, 0.2) is 36.7 Å². The average Bonchev–Trinajstić information content (AvgIpc) is 2.93. The van der Waals surface area contributed by atoms with Crippen molar-refractivity contribution in [3.8, 4) is 17.1 Å². The van der Waals surface area contributed by atoms with Crippen LogP contribution in [0.5, 0.6) is 5.75 Å². The Labute approximate surface area is 261 Å². The third kappa shape index (κ3) is 8.52. The lowest BCUT2D eigenvalue weighted by Gasteiger charge is -2.40. The number of halogens is 1. The molecule has 0 spiro atoms. The van der Waals surface area contributed by atoms with Crippen LogP contribution in [-0.4, -0.2) is 52.3 Å². The summed E-state index contributed by atoms with van der Waals surface area (Å²) in [6.07, 6.45) is 4.81. The van der Waals surface area contributed by atoms with Gasteiger partial charge in [0.1, 0.15) is 5.82 Å². The first-order valence-corrected chi connectivity index (χ1v) is 15.5. The predicted octanol–water partition coefficient (Wildman–Crippen LogP) is 7.35. The largest absolute Gasteiger partial charge is 0.490 e. The van der Waals surface area contributed by atoms with Crippen LogP contribution in [0.25, 0.3) is 11.4 Å². The molecule has 0 radical (unpaired) electrons. The zero-order chi connectivity index (χ0) is 32.2. The molecule has 0 aliphatic carbocycles. The number of nitrogens with zero attached hydrogens (tertiary/aromatic N) is 4. The number of pyridine rings is 1. The van der Waals surface area contributed by atoms with Crippen LogP contribution < -0.4 is 9.64 Å². The number of hydrogen-bond donors (Lipinski definition) is 0. The summed E-state index contributed by atoms with van der Waals surface area (Å²) in [6.45, 7) is 19.8. The van der Waals surface area contributed by atoms with E-state index in [-0.39, 0.29) is 17.3 Å². The first-order chi connectivity index (χ1) is 20.6. The second-order valence-electron chi connectivity index (χ2n) is 13.6. The summed E-state index contributed by atoms with van der Waals surface area (Å²) in [5, 5.41) is 0. The second kappa shape index (κ2) is 13.6. The molecule has 0 bridgehead atoms. The minimum Gasteiger partial charge on any atom is -0.490 e. The van der Waals surface area contributed by atoms with Gasteiger partial charge in [-0.25, -0.2) is 19.2 Å². The number of aromatic nitrogens is 3. The van der Waals surface area contributed by atoms with Gasteiger partial charge in [0, 0.05) is 37.0 Å². The summed E-state index contributed by atoms with van der Waals surface area (Å²) in [4.78, 5) is 30.3. The van der Waals surface area contributed by atoms with Gasteiger partial charge in [0.25, 0.3) is 0 Å². The Balaban J connectivity index is 1.75. The first kappa shape index (κ1) is 33.3. The number of anilines is 1. The van der Waals surface area contributed by atoms with E-state index in [4.69, 9.17) is 29.2 Å². The van der Waals surface area contributed by atoms with Crippen LogP contribution in [0, 0.1) is 25.1 Å². The number of hydrogen-bond acceptors (Lipinski definition) is 8. The third-order valence-corrected chi connectivity index (χ3v) is 7.76. The van der Waals surface area contributed by atoms with E-state index in [1.165, 1.54) is 12.1 Å². The van der Waals surface area contributed by atoms with E-state index >= 15 is 0 Å². The lowest BCUT2D eigenvalue weighted by atomic mass is 9.82. The first-order valence-electron chi connectivity index (χ1n) is 15.5. The Morgan fingerprint density at radius 2 is 1.68 bits per heavy atom. The van der Waals surface area contributed by atoms with E-state index in [0.29, 0.717) is 41.6 Å². The van der Waals surface area contributed by atoms with E-state index in [1.807, 2.05) is 48.5 Å². The zero-order valence-electron chi connectivity index (χ0n) is 27.7. The Hall–Kier alpha value is -3.59. The second-order valence-corrected chi connectivity index (χ2v) is 13.6. The van der Waals surface area contributed by atoms with Crippen molar-refractivity contribution in [1.29, 1.82) is 0 Å². The molecule has 4 rings (SSSR count). The highest BCUT2D eigenvalue weighted by atomic mass is 19.1. The van der Waals surface area contributed by atoms with Crippen molar-refractivity contribution in [3.05, 3.63) is 65.0 Å². The number of benzene rings is 1. The van der Waals surface area contributed by atoms with E-state index in [9.17, 15) is 9.18 Å². The molecular weight excluding hydrogens is 559 g/mol.